The van der Waals surface area contributed by atoms with Crippen LogP contribution >= 0.6 is 0 Å². The van der Waals surface area contributed by atoms with Crippen molar-refractivity contribution >= 4 is 11.8 Å². The molecule has 1 aliphatic heterocycles. The second-order valence-electron chi connectivity index (χ2n) is 11.8. The molecule has 0 radical (unpaired) electrons. The third kappa shape index (κ3) is 2.73. The molecule has 4 aliphatic carbocycles. The standard InChI is InChI=1S/C28H38O6/c1-16-14-22(34-24(31)17(16)2)18(3)27(32)12-13-28(33)21-9-8-19-6-5-7-23(30)26(19,15-29)20(21)10-11-25(27,28)4/h5,7-8,18,20-22,29,32-33H,6,9-15H2,1-4H3. The van der Waals surface area contributed by atoms with Crippen molar-refractivity contribution in [2.75, 3.05) is 6.61 Å². The minimum atomic E-state index is -1.21. The van der Waals surface area contributed by atoms with E-state index in [9.17, 15) is 24.9 Å². The maximum atomic E-state index is 13.2. The Balaban J connectivity index is 1.51. The fourth-order valence-electron chi connectivity index (χ4n) is 8.51. The van der Waals surface area contributed by atoms with Gasteiger partial charge in [-0.1, -0.05) is 37.1 Å². The first kappa shape index (κ1) is 24.0. The van der Waals surface area contributed by atoms with E-state index < -0.39 is 28.1 Å². The lowest BCUT2D eigenvalue weighted by Gasteiger charge is -2.62. The molecule has 6 nitrogen and oxygen atoms in total. The van der Waals surface area contributed by atoms with Gasteiger partial charge in [-0.15, -0.1) is 0 Å². The first-order chi connectivity index (χ1) is 16.0. The second-order valence-corrected chi connectivity index (χ2v) is 11.8. The number of allylic oxidation sites excluding steroid dienone is 3. The molecule has 0 bridgehead atoms. The number of aliphatic hydroxyl groups is 3. The van der Waals surface area contributed by atoms with Crippen LogP contribution < -0.4 is 0 Å². The summed E-state index contributed by atoms with van der Waals surface area (Å²) in [6, 6.07) is 0. The van der Waals surface area contributed by atoms with Crippen LogP contribution in [0.5, 0.6) is 0 Å². The molecule has 34 heavy (non-hydrogen) atoms. The average molecular weight is 471 g/mol. The van der Waals surface area contributed by atoms with Gasteiger partial charge in [0.25, 0.3) is 0 Å². The van der Waals surface area contributed by atoms with E-state index in [0.717, 1.165) is 11.1 Å². The summed E-state index contributed by atoms with van der Waals surface area (Å²) in [7, 11) is 0. The second kappa shape index (κ2) is 7.62. The molecule has 0 saturated heterocycles. The summed E-state index contributed by atoms with van der Waals surface area (Å²) in [6.07, 6.45) is 9.00. The first-order valence-electron chi connectivity index (χ1n) is 12.8. The van der Waals surface area contributed by atoms with Gasteiger partial charge in [-0.3, -0.25) is 4.79 Å². The summed E-state index contributed by atoms with van der Waals surface area (Å²) < 4.78 is 5.76. The van der Waals surface area contributed by atoms with Gasteiger partial charge in [-0.2, -0.15) is 0 Å². The van der Waals surface area contributed by atoms with Gasteiger partial charge in [0.2, 0.25) is 0 Å². The van der Waals surface area contributed by atoms with Crippen LogP contribution in [0.1, 0.15) is 72.6 Å². The number of carbonyl (C=O) groups is 2. The van der Waals surface area contributed by atoms with Crippen molar-refractivity contribution in [3.63, 3.8) is 0 Å². The fourth-order valence-corrected chi connectivity index (χ4v) is 8.51. The van der Waals surface area contributed by atoms with Gasteiger partial charge in [0, 0.05) is 23.3 Å². The van der Waals surface area contributed by atoms with E-state index in [0.29, 0.717) is 50.5 Å². The quantitative estimate of drug-likeness (QED) is 0.431. The number of esters is 1. The number of cyclic esters (lactones) is 1. The van der Waals surface area contributed by atoms with Gasteiger partial charge in [0.05, 0.1) is 23.2 Å². The third-order valence-corrected chi connectivity index (χ3v) is 11.0. The van der Waals surface area contributed by atoms with E-state index in [-0.39, 0.29) is 36.1 Å². The Hall–Kier alpha value is -1.76. The highest BCUT2D eigenvalue weighted by atomic mass is 16.5. The molecule has 2 saturated carbocycles. The van der Waals surface area contributed by atoms with Gasteiger partial charge >= 0.3 is 5.97 Å². The van der Waals surface area contributed by atoms with Crippen molar-refractivity contribution in [2.45, 2.75) is 89.9 Å². The summed E-state index contributed by atoms with van der Waals surface area (Å²) in [5, 5.41) is 35.1. The molecule has 0 aromatic rings. The molecule has 8 atom stereocenters. The molecule has 0 amide bonds. The number of hydrogen-bond donors (Lipinski definition) is 3. The SMILES string of the molecule is CC1=C(C)C(=O)OC(C(C)C2(O)CCC3(O)C4CC=C5CC=CC(=O)C5(CO)C4CCC23C)C1. The Morgan fingerprint density at radius 1 is 1.15 bits per heavy atom. The molecule has 8 unspecified atom stereocenters. The maximum absolute atomic E-state index is 13.2. The van der Waals surface area contributed by atoms with Crippen molar-refractivity contribution in [1.29, 1.82) is 0 Å². The number of fused-ring (bicyclic) bond motifs is 5. The minimum Gasteiger partial charge on any atom is -0.458 e. The molecule has 1 heterocycles. The van der Waals surface area contributed by atoms with Gasteiger partial charge in [0.15, 0.2) is 5.78 Å². The molecule has 3 N–H and O–H groups in total. The van der Waals surface area contributed by atoms with Crippen LogP contribution in [0.15, 0.2) is 34.9 Å². The van der Waals surface area contributed by atoms with Crippen LogP contribution in [0.25, 0.3) is 0 Å². The predicted octanol–water partition coefficient (Wildman–Crippen LogP) is 3.40. The molecule has 0 spiro atoms. The lowest BCUT2D eigenvalue weighted by Crippen LogP contribution is -2.67. The lowest BCUT2D eigenvalue weighted by atomic mass is 9.44. The van der Waals surface area contributed by atoms with Crippen molar-refractivity contribution in [3.8, 4) is 0 Å². The summed E-state index contributed by atoms with van der Waals surface area (Å²) in [5.74, 6) is -1.13. The summed E-state index contributed by atoms with van der Waals surface area (Å²) in [6.45, 7) is 7.39. The zero-order valence-corrected chi connectivity index (χ0v) is 20.8. The maximum Gasteiger partial charge on any atom is 0.333 e. The van der Waals surface area contributed by atoms with Crippen LogP contribution in [0.3, 0.4) is 0 Å². The topological polar surface area (TPSA) is 104 Å². The zero-order valence-electron chi connectivity index (χ0n) is 20.8. The van der Waals surface area contributed by atoms with Crippen molar-refractivity contribution in [3.05, 3.63) is 34.9 Å². The predicted molar refractivity (Wildman–Crippen MR) is 126 cm³/mol. The normalized spacial score (nSPS) is 46.9. The lowest BCUT2D eigenvalue weighted by molar-refractivity contribution is -0.235. The van der Waals surface area contributed by atoms with Crippen molar-refractivity contribution in [2.24, 2.45) is 28.6 Å². The Labute approximate surface area is 201 Å². The van der Waals surface area contributed by atoms with Crippen LogP contribution in [0, 0.1) is 28.6 Å². The third-order valence-electron chi connectivity index (χ3n) is 11.0. The largest absolute Gasteiger partial charge is 0.458 e. The van der Waals surface area contributed by atoms with E-state index >= 15 is 0 Å². The molecule has 186 valence electrons. The van der Waals surface area contributed by atoms with E-state index in [1.807, 2.05) is 26.8 Å². The molecule has 0 aromatic carbocycles. The molecular formula is C28H38O6. The molecule has 0 aromatic heterocycles. The van der Waals surface area contributed by atoms with E-state index in [1.54, 1.807) is 13.0 Å². The van der Waals surface area contributed by atoms with Crippen LogP contribution in [-0.4, -0.2) is 51.0 Å². The van der Waals surface area contributed by atoms with Crippen LogP contribution in [-0.2, 0) is 14.3 Å². The Morgan fingerprint density at radius 2 is 1.88 bits per heavy atom. The van der Waals surface area contributed by atoms with E-state index in [4.69, 9.17) is 4.74 Å². The summed E-state index contributed by atoms with van der Waals surface area (Å²) in [4.78, 5) is 25.6. The zero-order chi connectivity index (χ0) is 24.7. The summed E-state index contributed by atoms with van der Waals surface area (Å²) in [5.41, 5.74) is -1.57. The van der Waals surface area contributed by atoms with Gasteiger partial charge in [0.1, 0.15) is 6.10 Å². The average Bonchev–Trinajstić information content (AvgIpc) is 3.04. The molecule has 2 fully saturated rings. The summed E-state index contributed by atoms with van der Waals surface area (Å²) >= 11 is 0. The van der Waals surface area contributed by atoms with Gasteiger partial charge in [-0.05, 0) is 70.3 Å². The smallest absolute Gasteiger partial charge is 0.333 e. The molecule has 5 aliphatic rings. The number of ether oxygens (including phenoxy) is 1. The first-order valence-corrected chi connectivity index (χ1v) is 12.8. The minimum absolute atomic E-state index is 0.0669. The Kier molecular flexibility index (Phi) is 5.37. The number of rotatable bonds is 3. The van der Waals surface area contributed by atoms with Crippen molar-refractivity contribution in [1.82, 2.24) is 0 Å². The van der Waals surface area contributed by atoms with Crippen LogP contribution in [0.2, 0.25) is 0 Å². The highest BCUT2D eigenvalue weighted by molar-refractivity contribution is 5.99. The van der Waals surface area contributed by atoms with Crippen molar-refractivity contribution < 1.29 is 29.6 Å². The highest BCUT2D eigenvalue weighted by Gasteiger charge is 2.73. The number of ketones is 1. The van der Waals surface area contributed by atoms with E-state index in [2.05, 4.69) is 6.08 Å². The van der Waals surface area contributed by atoms with Crippen LogP contribution in [0.4, 0.5) is 0 Å². The van der Waals surface area contributed by atoms with Gasteiger partial charge < -0.3 is 20.1 Å². The Morgan fingerprint density at radius 3 is 2.56 bits per heavy atom. The molecular weight excluding hydrogens is 432 g/mol. The fraction of sp³-hybridized carbons (Fsp3) is 0.714. The molecule has 5 rings (SSSR count). The van der Waals surface area contributed by atoms with Gasteiger partial charge in [-0.25, -0.2) is 4.79 Å². The Bertz CT molecular complexity index is 1020. The number of aliphatic hydroxyl groups excluding tert-OH is 1. The van der Waals surface area contributed by atoms with E-state index in [1.165, 1.54) is 0 Å². The monoisotopic (exact) mass is 470 g/mol. The highest BCUT2D eigenvalue weighted by Crippen LogP contribution is 2.69. The molecule has 6 heteroatoms. The number of hydrogen-bond acceptors (Lipinski definition) is 6. The number of carbonyl (C=O) groups excluding carboxylic acids is 2.